The summed E-state index contributed by atoms with van der Waals surface area (Å²) < 4.78 is 21.7. The van der Waals surface area contributed by atoms with E-state index in [0.717, 1.165) is 42.7 Å². The number of amides is 1. The van der Waals surface area contributed by atoms with E-state index in [4.69, 9.17) is 4.42 Å². The van der Waals surface area contributed by atoms with Crippen molar-refractivity contribution in [3.63, 3.8) is 0 Å². The molecule has 0 bridgehead atoms. The molecule has 40 heavy (non-hydrogen) atoms. The lowest BCUT2D eigenvalue weighted by molar-refractivity contribution is -0.00177. The van der Waals surface area contributed by atoms with Crippen molar-refractivity contribution in [2.24, 2.45) is 0 Å². The second-order valence-electron chi connectivity index (χ2n) is 10.9. The van der Waals surface area contributed by atoms with E-state index >= 15 is 0 Å². The molecule has 208 valence electrons. The van der Waals surface area contributed by atoms with Gasteiger partial charge in [0.1, 0.15) is 18.0 Å². The van der Waals surface area contributed by atoms with Crippen molar-refractivity contribution in [3.8, 4) is 17.5 Å². The highest BCUT2D eigenvalue weighted by molar-refractivity contribution is 6.00. The van der Waals surface area contributed by atoms with Crippen LogP contribution in [0.3, 0.4) is 0 Å². The Morgan fingerprint density at radius 3 is 2.70 bits per heavy atom. The van der Waals surface area contributed by atoms with Gasteiger partial charge < -0.3 is 20.2 Å². The molecule has 0 radical (unpaired) electrons. The van der Waals surface area contributed by atoms with Crippen LogP contribution in [-0.2, 0) is 0 Å². The average molecular weight is 546 g/mol. The maximum atomic E-state index is 14.4. The molecule has 0 aliphatic heterocycles. The van der Waals surface area contributed by atoms with Crippen LogP contribution in [0.15, 0.2) is 47.5 Å². The Hall–Kier alpha value is -4.30. The molecule has 1 amide bonds. The number of pyridine rings is 1. The smallest absolute Gasteiger partial charge is 0.255 e. The van der Waals surface area contributed by atoms with Gasteiger partial charge in [-0.25, -0.2) is 13.9 Å². The zero-order chi connectivity index (χ0) is 28.4. The normalized spacial score (nSPS) is 18.3. The third-order valence-corrected chi connectivity index (χ3v) is 7.49. The molecule has 4 heterocycles. The minimum atomic E-state index is -1.63. The van der Waals surface area contributed by atoms with Crippen molar-refractivity contribution < 1.29 is 18.7 Å². The van der Waals surface area contributed by atoms with Gasteiger partial charge in [0.15, 0.2) is 6.39 Å². The summed E-state index contributed by atoms with van der Waals surface area (Å²) in [5, 5.41) is 29.6. The Morgan fingerprint density at radius 2 is 2.02 bits per heavy atom. The summed E-state index contributed by atoms with van der Waals surface area (Å²) in [6, 6.07) is 9.44. The molecule has 4 aromatic rings. The fourth-order valence-electron chi connectivity index (χ4n) is 5.10. The number of anilines is 1. The Balaban J connectivity index is 1.41. The van der Waals surface area contributed by atoms with E-state index in [1.165, 1.54) is 32.6 Å². The molecule has 1 aliphatic carbocycles. The molecule has 1 aliphatic rings. The van der Waals surface area contributed by atoms with Crippen LogP contribution in [0.25, 0.3) is 16.9 Å². The number of nitrogens with zero attached hydrogens (tertiary/aromatic N) is 5. The van der Waals surface area contributed by atoms with Crippen LogP contribution in [-0.4, -0.2) is 55.0 Å². The van der Waals surface area contributed by atoms with Crippen LogP contribution in [0, 0.1) is 18.3 Å². The summed E-state index contributed by atoms with van der Waals surface area (Å²) in [5.41, 5.74) is 2.67. The second kappa shape index (κ2) is 11.1. The molecule has 1 fully saturated rings. The zero-order valence-corrected chi connectivity index (χ0v) is 22.7. The van der Waals surface area contributed by atoms with Gasteiger partial charge in [0.05, 0.1) is 57.8 Å². The summed E-state index contributed by atoms with van der Waals surface area (Å²) in [6.45, 7) is 4.34. The first-order chi connectivity index (χ1) is 19.1. The Bertz CT molecular complexity index is 1560. The molecule has 1 atom stereocenters. The van der Waals surface area contributed by atoms with Crippen molar-refractivity contribution in [1.82, 2.24) is 24.9 Å². The number of nitrogens with one attached hydrogen (secondary N) is 2. The van der Waals surface area contributed by atoms with E-state index in [1.54, 1.807) is 16.6 Å². The van der Waals surface area contributed by atoms with Gasteiger partial charge in [0, 0.05) is 18.2 Å². The van der Waals surface area contributed by atoms with Gasteiger partial charge >= 0.3 is 0 Å². The average Bonchev–Trinajstić information content (AvgIpc) is 3.57. The van der Waals surface area contributed by atoms with E-state index < -0.39 is 17.7 Å². The minimum Gasteiger partial charge on any atom is -0.448 e. The first kappa shape index (κ1) is 27.3. The number of aliphatic hydroxyl groups is 1. The van der Waals surface area contributed by atoms with E-state index in [0.29, 0.717) is 28.6 Å². The van der Waals surface area contributed by atoms with Crippen molar-refractivity contribution in [2.45, 2.75) is 70.2 Å². The zero-order valence-electron chi connectivity index (χ0n) is 22.7. The van der Waals surface area contributed by atoms with E-state index in [2.05, 4.69) is 31.8 Å². The molecule has 10 nitrogen and oxygen atoms in total. The summed E-state index contributed by atoms with van der Waals surface area (Å²) in [7, 11) is 0. The summed E-state index contributed by atoms with van der Waals surface area (Å²) in [6.07, 6.45) is 6.36. The van der Waals surface area contributed by atoms with Gasteiger partial charge in [-0.15, -0.1) is 0 Å². The summed E-state index contributed by atoms with van der Waals surface area (Å²) in [4.78, 5) is 21.9. The lowest BCUT2D eigenvalue weighted by atomic mass is 9.84. The van der Waals surface area contributed by atoms with Crippen LogP contribution in [0.5, 0.6) is 0 Å². The lowest BCUT2D eigenvalue weighted by Gasteiger charge is -2.29. The van der Waals surface area contributed by atoms with Crippen LogP contribution < -0.4 is 10.6 Å². The van der Waals surface area contributed by atoms with Crippen LogP contribution in [0.2, 0.25) is 0 Å². The standard InChI is InChI=1S/C29H32FN7O3/c1-17-27(40-16-34-17)19-4-6-20(7-5-19)36-23-11-24(25-9-8-21-10-18(12-31)13-35-37(21)25)32-14-22(23)28(38)33-15-26(30)29(2,3)39/h8-11,13-14,16,19-20,26,39H,4-7,15H2,1-3H3,(H,32,36)(H,33,38)/t19-,20-,26-/m1/s1. The molecule has 1 saturated carbocycles. The van der Waals surface area contributed by atoms with Crippen molar-refractivity contribution in [2.75, 3.05) is 11.9 Å². The first-order valence-electron chi connectivity index (χ1n) is 13.3. The highest BCUT2D eigenvalue weighted by atomic mass is 19.1. The predicted molar refractivity (Wildman–Crippen MR) is 147 cm³/mol. The monoisotopic (exact) mass is 545 g/mol. The molecule has 0 unspecified atom stereocenters. The number of hydrogen-bond donors (Lipinski definition) is 3. The van der Waals surface area contributed by atoms with Crippen LogP contribution >= 0.6 is 0 Å². The summed E-state index contributed by atoms with van der Waals surface area (Å²) >= 11 is 0. The number of aromatic nitrogens is 4. The number of carbonyl (C=O) groups is 1. The van der Waals surface area contributed by atoms with Crippen LogP contribution in [0.1, 0.15) is 72.8 Å². The van der Waals surface area contributed by atoms with E-state index in [1.807, 2.05) is 19.1 Å². The number of alkyl halides is 1. The lowest BCUT2D eigenvalue weighted by Crippen LogP contribution is -2.42. The molecule has 11 heteroatoms. The van der Waals surface area contributed by atoms with Gasteiger partial charge in [0.2, 0.25) is 0 Å². The van der Waals surface area contributed by atoms with Crippen molar-refractivity contribution >= 4 is 17.1 Å². The molecular weight excluding hydrogens is 513 g/mol. The van der Waals surface area contributed by atoms with Gasteiger partial charge in [-0.1, -0.05) is 0 Å². The SMILES string of the molecule is Cc1ncoc1[C@H]1CC[C@H](Nc2cc(-c3ccc4cc(C#N)cnn34)ncc2C(=O)NC[C@@H](F)C(C)(C)O)CC1. The molecule has 4 aromatic heterocycles. The van der Waals surface area contributed by atoms with Crippen LogP contribution in [0.4, 0.5) is 10.1 Å². The number of fused-ring (bicyclic) bond motifs is 1. The number of hydrogen-bond acceptors (Lipinski definition) is 8. The van der Waals surface area contributed by atoms with E-state index in [9.17, 15) is 19.6 Å². The Labute approximate surface area is 231 Å². The Morgan fingerprint density at radius 1 is 1.25 bits per heavy atom. The number of oxazole rings is 1. The first-order valence-corrected chi connectivity index (χ1v) is 13.3. The van der Waals surface area contributed by atoms with Gasteiger partial charge in [-0.05, 0) is 70.7 Å². The highest BCUT2D eigenvalue weighted by Gasteiger charge is 2.29. The van der Waals surface area contributed by atoms with Gasteiger partial charge in [-0.2, -0.15) is 10.4 Å². The molecule has 3 N–H and O–H groups in total. The second-order valence-corrected chi connectivity index (χ2v) is 10.9. The molecular formula is C29H32FN7O3. The third-order valence-electron chi connectivity index (χ3n) is 7.49. The molecule has 0 saturated heterocycles. The Kier molecular flexibility index (Phi) is 7.54. The molecule has 0 aromatic carbocycles. The largest absolute Gasteiger partial charge is 0.448 e. The highest BCUT2D eigenvalue weighted by Crippen LogP contribution is 2.36. The van der Waals surface area contributed by atoms with E-state index in [-0.39, 0.29) is 18.2 Å². The maximum Gasteiger partial charge on any atom is 0.255 e. The number of aryl methyl sites for hydroxylation is 1. The number of rotatable bonds is 8. The number of carbonyl (C=O) groups excluding carboxylic acids is 1. The number of halogens is 1. The quantitative estimate of drug-likeness (QED) is 0.293. The molecule has 5 rings (SSSR count). The van der Waals surface area contributed by atoms with Gasteiger partial charge in [0.25, 0.3) is 5.91 Å². The van der Waals surface area contributed by atoms with Crippen molar-refractivity contribution in [1.29, 1.82) is 5.26 Å². The molecule has 0 spiro atoms. The fraction of sp³-hybridized carbons (Fsp3) is 0.414. The number of nitriles is 1. The predicted octanol–water partition coefficient (Wildman–Crippen LogP) is 4.54. The minimum absolute atomic E-state index is 0.104. The fourth-order valence-corrected chi connectivity index (χ4v) is 5.10. The topological polar surface area (TPSA) is 141 Å². The van der Waals surface area contributed by atoms with Gasteiger partial charge in [-0.3, -0.25) is 9.78 Å². The summed E-state index contributed by atoms with van der Waals surface area (Å²) in [5.74, 6) is 0.747. The maximum absolute atomic E-state index is 14.4. The third kappa shape index (κ3) is 5.67. The van der Waals surface area contributed by atoms with Crippen molar-refractivity contribution in [3.05, 3.63) is 65.6 Å².